The molecule has 0 saturated carbocycles. The summed E-state index contributed by atoms with van der Waals surface area (Å²) in [5.74, 6) is -0.735. The first kappa shape index (κ1) is 18.3. The van der Waals surface area contributed by atoms with Gasteiger partial charge in [0.1, 0.15) is 12.3 Å². The summed E-state index contributed by atoms with van der Waals surface area (Å²) in [5.41, 5.74) is 0.714. The Morgan fingerprint density at radius 1 is 1.33 bits per heavy atom. The number of esters is 1. The van der Waals surface area contributed by atoms with Crippen LogP contribution < -0.4 is 9.64 Å². The molecule has 0 saturated heterocycles. The number of fused-ring (bicyclic) bond motifs is 1. The van der Waals surface area contributed by atoms with Gasteiger partial charge in [0.15, 0.2) is 11.9 Å². The molecular formula is C17H20ClNO5. The van der Waals surface area contributed by atoms with Gasteiger partial charge in [-0.3, -0.25) is 19.3 Å². The minimum atomic E-state index is -0.724. The van der Waals surface area contributed by atoms with Crippen molar-refractivity contribution in [2.24, 2.45) is 0 Å². The second-order valence-corrected chi connectivity index (χ2v) is 6.54. The zero-order chi connectivity index (χ0) is 18.0. The maximum Gasteiger partial charge on any atom is 0.326 e. The zero-order valence-electron chi connectivity index (χ0n) is 14.0. The van der Waals surface area contributed by atoms with Crippen LogP contribution in [0.4, 0.5) is 5.69 Å². The predicted molar refractivity (Wildman–Crippen MR) is 89.8 cm³/mol. The maximum absolute atomic E-state index is 12.4. The van der Waals surface area contributed by atoms with Crippen molar-refractivity contribution in [1.82, 2.24) is 0 Å². The van der Waals surface area contributed by atoms with E-state index in [4.69, 9.17) is 21.1 Å². The van der Waals surface area contributed by atoms with E-state index >= 15 is 0 Å². The fraction of sp³-hybridized carbons (Fsp3) is 0.471. The molecule has 24 heavy (non-hydrogen) atoms. The van der Waals surface area contributed by atoms with Gasteiger partial charge >= 0.3 is 5.97 Å². The summed E-state index contributed by atoms with van der Waals surface area (Å²) in [6, 6.07) is 4.71. The number of carbonyl (C=O) groups is 3. The standard InChI is InChI=1S/C17H20ClNO5/c1-9(2)23-15(20)8-19-13-7-12(16(21)10(3)18)5-6-14(13)24-11(4)17(19)22/h5-7,9-11H,8H2,1-4H3. The minimum absolute atomic E-state index is 0.244. The topological polar surface area (TPSA) is 72.9 Å². The highest BCUT2D eigenvalue weighted by molar-refractivity contribution is 6.33. The second kappa shape index (κ2) is 7.21. The number of ketones is 1. The van der Waals surface area contributed by atoms with Crippen molar-refractivity contribution < 1.29 is 23.9 Å². The lowest BCUT2D eigenvalue weighted by atomic mass is 10.1. The van der Waals surface area contributed by atoms with Crippen LogP contribution in [0.3, 0.4) is 0 Å². The molecule has 0 N–H and O–H groups in total. The average molecular weight is 354 g/mol. The van der Waals surface area contributed by atoms with E-state index in [9.17, 15) is 14.4 Å². The molecule has 0 aromatic heterocycles. The number of nitrogens with zero attached hydrogens (tertiary/aromatic N) is 1. The van der Waals surface area contributed by atoms with Crippen molar-refractivity contribution in [3.05, 3.63) is 23.8 Å². The summed E-state index contributed by atoms with van der Waals surface area (Å²) in [6.07, 6.45) is -1.01. The lowest BCUT2D eigenvalue weighted by Crippen LogP contribution is -2.47. The summed E-state index contributed by atoms with van der Waals surface area (Å²) in [5, 5.41) is -0.693. The SMILES string of the molecule is CC(C)OC(=O)CN1C(=O)C(C)Oc2ccc(C(=O)C(C)Cl)cc21. The minimum Gasteiger partial charge on any atom is -0.479 e. The first-order valence-corrected chi connectivity index (χ1v) is 8.14. The van der Waals surface area contributed by atoms with E-state index in [1.165, 1.54) is 11.0 Å². The second-order valence-electron chi connectivity index (χ2n) is 5.89. The van der Waals surface area contributed by atoms with Crippen LogP contribution in [-0.4, -0.2) is 41.8 Å². The van der Waals surface area contributed by atoms with E-state index in [-0.39, 0.29) is 24.3 Å². The third-order valence-electron chi connectivity index (χ3n) is 3.47. The van der Waals surface area contributed by atoms with Gasteiger partial charge < -0.3 is 9.47 Å². The van der Waals surface area contributed by atoms with Crippen LogP contribution in [0.2, 0.25) is 0 Å². The number of alkyl halides is 1. The Bertz CT molecular complexity index is 671. The summed E-state index contributed by atoms with van der Waals surface area (Å²) in [4.78, 5) is 37.7. The molecule has 1 aromatic carbocycles. The van der Waals surface area contributed by atoms with Gasteiger partial charge in [-0.1, -0.05) is 0 Å². The number of rotatable bonds is 5. The molecule has 0 aliphatic carbocycles. The van der Waals surface area contributed by atoms with E-state index in [1.807, 2.05) is 0 Å². The fourth-order valence-electron chi connectivity index (χ4n) is 2.38. The molecule has 6 nitrogen and oxygen atoms in total. The summed E-state index contributed by atoms with van der Waals surface area (Å²) >= 11 is 5.84. The molecule has 2 rings (SSSR count). The van der Waals surface area contributed by atoms with E-state index in [0.717, 1.165) is 0 Å². The molecule has 1 amide bonds. The van der Waals surface area contributed by atoms with Crippen molar-refractivity contribution in [3.8, 4) is 5.75 Å². The maximum atomic E-state index is 12.4. The highest BCUT2D eigenvalue weighted by atomic mass is 35.5. The number of benzene rings is 1. The Labute approximate surface area is 145 Å². The Hall–Kier alpha value is -2.08. The van der Waals surface area contributed by atoms with Crippen LogP contribution in [0, 0.1) is 0 Å². The van der Waals surface area contributed by atoms with Crippen molar-refractivity contribution >= 4 is 34.9 Å². The van der Waals surface area contributed by atoms with Crippen LogP contribution in [0.25, 0.3) is 0 Å². The van der Waals surface area contributed by atoms with Gasteiger partial charge in [0.25, 0.3) is 5.91 Å². The average Bonchev–Trinajstić information content (AvgIpc) is 2.49. The van der Waals surface area contributed by atoms with E-state index < -0.39 is 17.5 Å². The number of Topliss-reactive ketones (excluding diaryl/α,β-unsaturated/α-hetero) is 1. The monoisotopic (exact) mass is 353 g/mol. The summed E-state index contributed by atoms with van der Waals surface area (Å²) in [7, 11) is 0. The number of hydrogen-bond donors (Lipinski definition) is 0. The molecule has 1 aromatic rings. The van der Waals surface area contributed by atoms with Crippen molar-refractivity contribution in [2.75, 3.05) is 11.4 Å². The van der Waals surface area contributed by atoms with Gasteiger partial charge in [0.05, 0.1) is 17.2 Å². The molecule has 0 spiro atoms. The Kier molecular flexibility index (Phi) is 5.49. The van der Waals surface area contributed by atoms with Gasteiger partial charge in [0.2, 0.25) is 0 Å². The van der Waals surface area contributed by atoms with Gasteiger partial charge in [-0.05, 0) is 45.9 Å². The molecule has 1 aliphatic heterocycles. The molecule has 2 unspecified atom stereocenters. The Balaban J connectivity index is 2.37. The van der Waals surface area contributed by atoms with Crippen LogP contribution in [-0.2, 0) is 14.3 Å². The molecule has 2 atom stereocenters. The van der Waals surface area contributed by atoms with Crippen LogP contribution in [0.5, 0.6) is 5.75 Å². The van der Waals surface area contributed by atoms with Gasteiger partial charge in [-0.2, -0.15) is 0 Å². The molecule has 0 bridgehead atoms. The van der Waals surface area contributed by atoms with Crippen LogP contribution >= 0.6 is 11.6 Å². The number of ether oxygens (including phenoxy) is 2. The quantitative estimate of drug-likeness (QED) is 0.462. The molecular weight excluding hydrogens is 334 g/mol. The van der Waals surface area contributed by atoms with Gasteiger partial charge in [0, 0.05) is 5.56 Å². The summed E-state index contributed by atoms with van der Waals surface area (Å²) in [6.45, 7) is 6.39. The van der Waals surface area contributed by atoms with Crippen molar-refractivity contribution in [2.45, 2.75) is 45.3 Å². The molecule has 0 fully saturated rings. The summed E-state index contributed by atoms with van der Waals surface area (Å²) < 4.78 is 10.7. The predicted octanol–water partition coefficient (Wildman–Crippen LogP) is 2.56. The molecule has 7 heteroatoms. The smallest absolute Gasteiger partial charge is 0.326 e. The lowest BCUT2D eigenvalue weighted by molar-refractivity contribution is -0.146. The number of anilines is 1. The normalized spacial score (nSPS) is 18.0. The number of amides is 1. The molecule has 1 heterocycles. The highest BCUT2D eigenvalue weighted by Gasteiger charge is 2.34. The Morgan fingerprint density at radius 3 is 2.58 bits per heavy atom. The number of carbonyl (C=O) groups excluding carboxylic acids is 3. The highest BCUT2D eigenvalue weighted by Crippen LogP contribution is 2.35. The number of hydrogen-bond acceptors (Lipinski definition) is 5. The molecule has 1 aliphatic rings. The van der Waals surface area contributed by atoms with Crippen molar-refractivity contribution in [1.29, 1.82) is 0 Å². The first-order chi connectivity index (χ1) is 11.2. The van der Waals surface area contributed by atoms with Crippen molar-refractivity contribution in [3.63, 3.8) is 0 Å². The van der Waals surface area contributed by atoms with Crippen LogP contribution in [0.15, 0.2) is 18.2 Å². The van der Waals surface area contributed by atoms with Crippen LogP contribution in [0.1, 0.15) is 38.1 Å². The zero-order valence-corrected chi connectivity index (χ0v) is 14.8. The molecule has 130 valence electrons. The van der Waals surface area contributed by atoms with Gasteiger partial charge in [-0.15, -0.1) is 11.6 Å². The molecule has 0 radical (unpaired) electrons. The largest absolute Gasteiger partial charge is 0.479 e. The van der Waals surface area contributed by atoms with E-state index in [2.05, 4.69) is 0 Å². The Morgan fingerprint density at radius 2 is 2.00 bits per heavy atom. The van der Waals surface area contributed by atoms with Gasteiger partial charge in [-0.25, -0.2) is 0 Å². The lowest BCUT2D eigenvalue weighted by Gasteiger charge is -2.32. The third-order valence-corrected chi connectivity index (χ3v) is 3.67. The third kappa shape index (κ3) is 3.87. The van der Waals surface area contributed by atoms with E-state index in [1.54, 1.807) is 39.8 Å². The number of halogens is 1. The van der Waals surface area contributed by atoms with E-state index in [0.29, 0.717) is 17.0 Å². The first-order valence-electron chi connectivity index (χ1n) is 7.70. The fourth-order valence-corrected chi connectivity index (χ4v) is 2.51.